The summed E-state index contributed by atoms with van der Waals surface area (Å²) in [6.07, 6.45) is 1.44. The number of amides is 2. The van der Waals surface area contributed by atoms with E-state index in [1.807, 2.05) is 0 Å². The fourth-order valence-electron chi connectivity index (χ4n) is 3.57. The number of hydrogen-bond donors (Lipinski definition) is 0. The molecule has 0 aliphatic carbocycles. The number of benzene rings is 1. The molecule has 1 aliphatic heterocycles. The normalized spacial score (nSPS) is 14.3. The van der Waals surface area contributed by atoms with Crippen molar-refractivity contribution in [2.24, 2.45) is 5.92 Å². The second kappa shape index (κ2) is 7.96. The summed E-state index contributed by atoms with van der Waals surface area (Å²) >= 11 is 5.90. The van der Waals surface area contributed by atoms with Crippen LogP contribution < -0.4 is 5.56 Å². The topological polar surface area (TPSA) is 98.1 Å². The monoisotopic (exact) mass is 439 g/mol. The van der Waals surface area contributed by atoms with E-state index in [4.69, 9.17) is 16.3 Å². The molecule has 0 spiro atoms. The third-order valence-corrected chi connectivity index (χ3v) is 5.24. The maximum absolute atomic E-state index is 12.9. The molecule has 9 heteroatoms. The van der Waals surface area contributed by atoms with Gasteiger partial charge in [0.15, 0.2) is 0 Å². The molecule has 0 N–H and O–H groups in total. The molecule has 2 aromatic heterocycles. The van der Waals surface area contributed by atoms with Gasteiger partial charge in [0.2, 0.25) is 0 Å². The molecule has 0 saturated carbocycles. The molecule has 4 rings (SSSR count). The van der Waals surface area contributed by atoms with Gasteiger partial charge in [-0.25, -0.2) is 9.78 Å². The molecule has 1 aromatic carbocycles. The highest BCUT2D eigenvalue weighted by molar-refractivity contribution is 6.30. The third-order valence-electron chi connectivity index (χ3n) is 5.02. The highest BCUT2D eigenvalue weighted by atomic mass is 35.5. The maximum Gasteiger partial charge on any atom is 0.330 e. The van der Waals surface area contributed by atoms with Gasteiger partial charge in [-0.2, -0.15) is 0 Å². The number of aromatic nitrogens is 2. The molecule has 2 amide bonds. The van der Waals surface area contributed by atoms with Crippen LogP contribution in [-0.2, 0) is 16.1 Å². The summed E-state index contributed by atoms with van der Waals surface area (Å²) in [4.78, 5) is 56.0. The summed E-state index contributed by atoms with van der Waals surface area (Å²) in [5.74, 6) is -2.19. The van der Waals surface area contributed by atoms with Crippen molar-refractivity contribution in [1.82, 2.24) is 14.3 Å². The zero-order valence-corrected chi connectivity index (χ0v) is 17.5. The third kappa shape index (κ3) is 3.70. The smallest absolute Gasteiger partial charge is 0.330 e. The van der Waals surface area contributed by atoms with Crippen LogP contribution in [0.3, 0.4) is 0 Å². The van der Waals surface area contributed by atoms with Crippen LogP contribution in [0, 0.1) is 5.92 Å². The van der Waals surface area contributed by atoms with Crippen molar-refractivity contribution in [2.75, 3.05) is 0 Å². The van der Waals surface area contributed by atoms with Gasteiger partial charge in [0.05, 0.1) is 21.8 Å². The van der Waals surface area contributed by atoms with Crippen molar-refractivity contribution in [3.05, 3.63) is 80.9 Å². The molecule has 1 aliphatic rings. The van der Waals surface area contributed by atoms with Crippen molar-refractivity contribution < 1.29 is 19.1 Å². The van der Waals surface area contributed by atoms with Crippen LogP contribution in [-0.4, -0.2) is 38.1 Å². The summed E-state index contributed by atoms with van der Waals surface area (Å²) in [6.45, 7) is 3.17. The van der Waals surface area contributed by atoms with E-state index in [2.05, 4.69) is 4.98 Å². The van der Waals surface area contributed by atoms with E-state index in [-0.39, 0.29) is 34.9 Å². The number of carbonyl (C=O) groups excluding carboxylic acids is 3. The standard InChI is InChI=1S/C22H18ClN3O5/c1-12(2)19(26-20(28)15-5-3-4-6-16(15)21(26)29)22(30)31-11-14-9-18(27)25-10-13(23)7-8-17(25)24-14/h3-10,12,19H,11H2,1-2H3/t19-/m0/s1. The number of ether oxygens (including phenoxy) is 1. The summed E-state index contributed by atoms with van der Waals surface area (Å²) in [7, 11) is 0. The molecule has 31 heavy (non-hydrogen) atoms. The van der Waals surface area contributed by atoms with E-state index in [0.29, 0.717) is 10.7 Å². The Bertz CT molecular complexity index is 1250. The van der Waals surface area contributed by atoms with E-state index in [9.17, 15) is 19.2 Å². The van der Waals surface area contributed by atoms with E-state index in [0.717, 1.165) is 4.90 Å². The Balaban J connectivity index is 1.56. The van der Waals surface area contributed by atoms with Crippen molar-refractivity contribution in [2.45, 2.75) is 26.5 Å². The number of halogens is 1. The zero-order valence-electron chi connectivity index (χ0n) is 16.7. The van der Waals surface area contributed by atoms with Crippen LogP contribution >= 0.6 is 11.6 Å². The fourth-order valence-corrected chi connectivity index (χ4v) is 3.73. The molecule has 0 bridgehead atoms. The molecule has 0 radical (unpaired) electrons. The van der Waals surface area contributed by atoms with Gasteiger partial charge >= 0.3 is 5.97 Å². The number of rotatable bonds is 5. The molecule has 3 heterocycles. The lowest BCUT2D eigenvalue weighted by atomic mass is 10.0. The number of nitrogens with zero attached hydrogens (tertiary/aromatic N) is 3. The lowest BCUT2D eigenvalue weighted by Crippen LogP contribution is -2.48. The molecule has 158 valence electrons. The van der Waals surface area contributed by atoms with Crippen molar-refractivity contribution >= 4 is 35.0 Å². The first-order chi connectivity index (χ1) is 14.8. The molecule has 0 fully saturated rings. The number of fused-ring (bicyclic) bond motifs is 2. The van der Waals surface area contributed by atoms with E-state index in [1.54, 1.807) is 50.2 Å². The number of imide groups is 1. The summed E-state index contributed by atoms with van der Waals surface area (Å²) < 4.78 is 6.65. The van der Waals surface area contributed by atoms with E-state index >= 15 is 0 Å². The number of hydrogen-bond acceptors (Lipinski definition) is 6. The van der Waals surface area contributed by atoms with Crippen molar-refractivity contribution in [3.63, 3.8) is 0 Å². The molecule has 8 nitrogen and oxygen atoms in total. The summed E-state index contributed by atoms with van der Waals surface area (Å²) in [6, 6.07) is 9.73. The Hall–Kier alpha value is -3.52. The number of pyridine rings is 1. The Morgan fingerprint density at radius 2 is 1.71 bits per heavy atom. The first kappa shape index (κ1) is 20.7. The predicted molar refractivity (Wildman–Crippen MR) is 112 cm³/mol. The largest absolute Gasteiger partial charge is 0.458 e. The van der Waals surface area contributed by atoms with E-state index in [1.165, 1.54) is 16.7 Å². The maximum atomic E-state index is 12.9. The molecule has 3 aromatic rings. The minimum absolute atomic E-state index is 0.241. The number of esters is 1. The number of carbonyl (C=O) groups is 3. The van der Waals surface area contributed by atoms with Gasteiger partial charge in [-0.1, -0.05) is 37.6 Å². The molecule has 0 unspecified atom stereocenters. The van der Waals surface area contributed by atoms with Gasteiger partial charge in [0.25, 0.3) is 17.4 Å². The first-order valence-corrected chi connectivity index (χ1v) is 9.97. The van der Waals surface area contributed by atoms with Crippen LogP contribution in [0.5, 0.6) is 0 Å². The second-order valence-corrected chi connectivity index (χ2v) is 7.92. The Kier molecular flexibility index (Phi) is 5.32. The lowest BCUT2D eigenvalue weighted by Gasteiger charge is -2.27. The van der Waals surface area contributed by atoms with E-state index < -0.39 is 23.8 Å². The average molecular weight is 440 g/mol. The van der Waals surface area contributed by atoms with Crippen LogP contribution in [0.1, 0.15) is 40.3 Å². The molecular formula is C22H18ClN3O5. The lowest BCUT2D eigenvalue weighted by molar-refractivity contribution is -0.151. The van der Waals surface area contributed by atoms with Crippen LogP contribution in [0.2, 0.25) is 5.02 Å². The van der Waals surface area contributed by atoms with Gasteiger partial charge < -0.3 is 4.74 Å². The van der Waals surface area contributed by atoms with Crippen molar-refractivity contribution in [3.8, 4) is 0 Å². The van der Waals surface area contributed by atoms with Gasteiger partial charge in [-0.15, -0.1) is 0 Å². The second-order valence-electron chi connectivity index (χ2n) is 7.48. The van der Waals surface area contributed by atoms with Crippen LogP contribution in [0.25, 0.3) is 5.65 Å². The minimum atomic E-state index is -1.10. The Morgan fingerprint density at radius 3 is 2.32 bits per heavy atom. The quantitative estimate of drug-likeness (QED) is 0.448. The van der Waals surface area contributed by atoms with Crippen LogP contribution in [0.15, 0.2) is 53.5 Å². The Labute approximate surface area is 182 Å². The van der Waals surface area contributed by atoms with Gasteiger partial charge in [0.1, 0.15) is 18.3 Å². The Morgan fingerprint density at radius 1 is 1.06 bits per heavy atom. The SMILES string of the molecule is CC(C)[C@@H](C(=O)OCc1cc(=O)n2cc(Cl)ccc2n1)N1C(=O)c2ccccc2C1=O. The minimum Gasteiger partial charge on any atom is -0.458 e. The average Bonchev–Trinajstić information content (AvgIpc) is 2.98. The van der Waals surface area contributed by atoms with Gasteiger partial charge in [-0.05, 0) is 30.2 Å². The van der Waals surface area contributed by atoms with Crippen molar-refractivity contribution in [1.29, 1.82) is 0 Å². The van der Waals surface area contributed by atoms with Crippen LogP contribution in [0.4, 0.5) is 0 Å². The zero-order chi connectivity index (χ0) is 22.3. The highest BCUT2D eigenvalue weighted by Crippen LogP contribution is 2.27. The summed E-state index contributed by atoms with van der Waals surface area (Å²) in [5.41, 5.74) is 0.733. The van der Waals surface area contributed by atoms with Gasteiger partial charge in [0, 0.05) is 12.3 Å². The highest BCUT2D eigenvalue weighted by Gasteiger charge is 2.44. The molecule has 1 atom stereocenters. The summed E-state index contributed by atoms with van der Waals surface area (Å²) in [5, 5.41) is 0.385. The fraction of sp³-hybridized carbons (Fsp3) is 0.227. The molecule has 0 saturated heterocycles. The predicted octanol–water partition coefficient (Wildman–Crippen LogP) is 2.71. The first-order valence-electron chi connectivity index (χ1n) is 9.59. The molecular weight excluding hydrogens is 422 g/mol. The van der Waals surface area contributed by atoms with Gasteiger partial charge in [-0.3, -0.25) is 23.7 Å².